The molecule has 1 aliphatic carbocycles. The zero-order valence-electron chi connectivity index (χ0n) is 19.2. The molecule has 7 heteroatoms. The van der Waals surface area contributed by atoms with Crippen molar-refractivity contribution in [2.24, 2.45) is 12.0 Å². The van der Waals surface area contributed by atoms with Crippen molar-refractivity contribution in [2.45, 2.75) is 37.6 Å². The second kappa shape index (κ2) is 9.02. The molecule has 2 aromatic rings. The predicted molar refractivity (Wildman–Crippen MR) is 130 cm³/mol. The maximum absolute atomic E-state index is 12.7. The third-order valence-electron chi connectivity index (χ3n) is 6.05. The highest BCUT2D eigenvalue weighted by Gasteiger charge is 2.37. The van der Waals surface area contributed by atoms with Crippen LogP contribution in [0.1, 0.15) is 37.8 Å². The van der Waals surface area contributed by atoms with Gasteiger partial charge in [0.25, 0.3) is 5.56 Å². The summed E-state index contributed by atoms with van der Waals surface area (Å²) in [6.45, 7) is 3.92. The lowest BCUT2D eigenvalue weighted by molar-refractivity contribution is -0.144. The molecule has 1 aliphatic heterocycles. The van der Waals surface area contributed by atoms with Crippen molar-refractivity contribution in [3.8, 4) is 16.9 Å². The van der Waals surface area contributed by atoms with Gasteiger partial charge in [0.1, 0.15) is 5.75 Å². The number of carbonyl (C=O) groups excluding carboxylic acids is 1. The van der Waals surface area contributed by atoms with Crippen LogP contribution in [0.15, 0.2) is 64.1 Å². The largest absolute Gasteiger partial charge is 0.497 e. The van der Waals surface area contributed by atoms with Crippen LogP contribution in [0.5, 0.6) is 5.75 Å². The average molecular weight is 467 g/mol. The number of nitrogens with zero attached hydrogens (tertiary/aromatic N) is 2. The fraction of sp³-hybridized carbons (Fsp3) is 0.346. The Kier molecular flexibility index (Phi) is 6.30. The number of fused-ring (bicyclic) bond motifs is 3. The van der Waals surface area contributed by atoms with Gasteiger partial charge in [-0.05, 0) is 55.2 Å². The zero-order chi connectivity index (χ0) is 23.8. The standard InChI is InChI=1S/C26H27ClN2O4/c1-5-33-24(31)14-26(2)22-13-23(30)29(3)15-21(22)19-11-10-18(32-4)12-20(19)25(28-26)16-6-8-17(27)9-7-16/h6-8,10-13,15,17H,5,9,14H2,1-4H3. The van der Waals surface area contributed by atoms with Crippen LogP contribution in [-0.4, -0.2) is 35.3 Å². The van der Waals surface area contributed by atoms with E-state index in [1.54, 1.807) is 31.7 Å². The number of carbonyl (C=O) groups is 1. The number of hydrogen-bond donors (Lipinski definition) is 0. The molecule has 2 heterocycles. The normalized spacial score (nSPS) is 21.3. The molecule has 2 aliphatic rings. The summed E-state index contributed by atoms with van der Waals surface area (Å²) in [4.78, 5) is 30.5. The lowest BCUT2D eigenvalue weighted by Gasteiger charge is -2.27. The maximum Gasteiger partial charge on any atom is 0.308 e. The molecule has 1 aromatic carbocycles. The molecule has 0 amide bonds. The van der Waals surface area contributed by atoms with Crippen LogP contribution in [0.2, 0.25) is 0 Å². The minimum atomic E-state index is -1.01. The first-order valence-electron chi connectivity index (χ1n) is 10.9. The van der Waals surface area contributed by atoms with E-state index in [1.165, 1.54) is 0 Å². The summed E-state index contributed by atoms with van der Waals surface area (Å²) in [5.74, 6) is 0.324. The third kappa shape index (κ3) is 4.40. The minimum absolute atomic E-state index is 0.00472. The Morgan fingerprint density at radius 1 is 1.27 bits per heavy atom. The highest BCUT2D eigenvalue weighted by Crippen LogP contribution is 2.43. The molecule has 0 bridgehead atoms. The van der Waals surface area contributed by atoms with Crippen molar-refractivity contribution in [1.29, 1.82) is 0 Å². The molecule has 0 fully saturated rings. The van der Waals surface area contributed by atoms with Gasteiger partial charge in [-0.1, -0.05) is 18.2 Å². The number of rotatable bonds is 5. The molecule has 4 rings (SSSR count). The summed E-state index contributed by atoms with van der Waals surface area (Å²) < 4.78 is 12.3. The van der Waals surface area contributed by atoms with Gasteiger partial charge in [-0.15, -0.1) is 11.6 Å². The van der Waals surface area contributed by atoms with Gasteiger partial charge >= 0.3 is 5.97 Å². The molecule has 33 heavy (non-hydrogen) atoms. The first-order chi connectivity index (χ1) is 15.8. The van der Waals surface area contributed by atoms with Crippen molar-refractivity contribution in [3.63, 3.8) is 0 Å². The Bertz CT molecular complexity index is 1260. The number of esters is 1. The maximum atomic E-state index is 12.7. The number of methoxy groups -OCH3 is 1. The summed E-state index contributed by atoms with van der Waals surface area (Å²) >= 11 is 6.28. The Morgan fingerprint density at radius 3 is 2.73 bits per heavy atom. The number of ether oxygens (including phenoxy) is 2. The molecule has 0 spiro atoms. The fourth-order valence-electron chi connectivity index (χ4n) is 4.36. The summed E-state index contributed by atoms with van der Waals surface area (Å²) in [5, 5.41) is -0.0740. The second-order valence-corrected chi connectivity index (χ2v) is 9.01. The van der Waals surface area contributed by atoms with Gasteiger partial charge in [-0.2, -0.15) is 0 Å². The lowest BCUT2D eigenvalue weighted by Crippen LogP contribution is -2.29. The molecule has 0 N–H and O–H groups in total. The van der Waals surface area contributed by atoms with E-state index in [4.69, 9.17) is 26.1 Å². The van der Waals surface area contributed by atoms with Gasteiger partial charge in [0.05, 0.1) is 36.8 Å². The van der Waals surface area contributed by atoms with E-state index in [9.17, 15) is 9.59 Å². The molecular weight excluding hydrogens is 440 g/mol. The van der Waals surface area contributed by atoms with Crippen LogP contribution in [0.25, 0.3) is 11.1 Å². The van der Waals surface area contributed by atoms with E-state index in [2.05, 4.69) is 6.08 Å². The van der Waals surface area contributed by atoms with Crippen LogP contribution >= 0.6 is 11.6 Å². The van der Waals surface area contributed by atoms with Crippen LogP contribution in [0.3, 0.4) is 0 Å². The number of halogens is 1. The molecule has 0 radical (unpaired) electrons. The van der Waals surface area contributed by atoms with Crippen molar-refractivity contribution in [2.75, 3.05) is 13.7 Å². The number of aromatic nitrogens is 1. The molecule has 0 saturated carbocycles. The van der Waals surface area contributed by atoms with Gasteiger partial charge in [0, 0.05) is 30.4 Å². The Balaban J connectivity index is 2.04. The summed E-state index contributed by atoms with van der Waals surface area (Å²) in [6, 6.07) is 7.38. The van der Waals surface area contributed by atoms with Gasteiger partial charge in [0.2, 0.25) is 0 Å². The number of pyridine rings is 1. The lowest BCUT2D eigenvalue weighted by atomic mass is 9.85. The van der Waals surface area contributed by atoms with E-state index < -0.39 is 5.54 Å². The first-order valence-corrected chi connectivity index (χ1v) is 11.4. The van der Waals surface area contributed by atoms with E-state index in [-0.39, 0.29) is 29.9 Å². The van der Waals surface area contributed by atoms with E-state index in [0.29, 0.717) is 17.7 Å². The number of alkyl halides is 1. The SMILES string of the molecule is CCOC(=O)CC1(C)N=C(C2=CCC(Cl)C=C2)c2cc(OC)ccc2-c2cn(C)c(=O)cc21. The quantitative estimate of drug-likeness (QED) is 0.479. The number of aliphatic imine (C=N–C) groups is 1. The van der Waals surface area contributed by atoms with Gasteiger partial charge in [-0.25, -0.2) is 0 Å². The smallest absolute Gasteiger partial charge is 0.308 e. The van der Waals surface area contributed by atoms with Crippen LogP contribution in [-0.2, 0) is 22.1 Å². The number of aryl methyl sites for hydroxylation is 1. The summed E-state index contributed by atoms with van der Waals surface area (Å²) in [5.41, 5.74) is 3.77. The van der Waals surface area contributed by atoms with Crippen LogP contribution < -0.4 is 10.3 Å². The predicted octanol–water partition coefficient (Wildman–Crippen LogP) is 4.53. The zero-order valence-corrected chi connectivity index (χ0v) is 20.0. The molecule has 2 atom stereocenters. The summed E-state index contributed by atoms with van der Waals surface area (Å²) in [6.07, 6.45) is 8.45. The third-order valence-corrected chi connectivity index (χ3v) is 6.38. The average Bonchev–Trinajstić information content (AvgIpc) is 2.88. The first kappa shape index (κ1) is 23.1. The van der Waals surface area contributed by atoms with Crippen molar-refractivity contribution >= 4 is 23.3 Å². The van der Waals surface area contributed by atoms with Gasteiger partial charge in [-0.3, -0.25) is 14.6 Å². The van der Waals surface area contributed by atoms with Crippen LogP contribution in [0.4, 0.5) is 0 Å². The van der Waals surface area contributed by atoms with Crippen molar-refractivity contribution in [3.05, 3.63) is 75.7 Å². The van der Waals surface area contributed by atoms with E-state index in [0.717, 1.165) is 28.0 Å². The van der Waals surface area contributed by atoms with E-state index >= 15 is 0 Å². The number of benzene rings is 1. The van der Waals surface area contributed by atoms with Crippen LogP contribution in [0, 0.1) is 0 Å². The monoisotopic (exact) mass is 466 g/mol. The van der Waals surface area contributed by atoms with E-state index in [1.807, 2.05) is 43.5 Å². The highest BCUT2D eigenvalue weighted by molar-refractivity contribution is 6.23. The molecule has 2 unspecified atom stereocenters. The topological polar surface area (TPSA) is 69.9 Å². The van der Waals surface area contributed by atoms with Crippen molar-refractivity contribution in [1.82, 2.24) is 4.57 Å². The Labute approximate surface area is 198 Å². The van der Waals surface area contributed by atoms with Crippen molar-refractivity contribution < 1.29 is 14.3 Å². The fourth-order valence-corrected chi connectivity index (χ4v) is 4.52. The Morgan fingerprint density at radius 2 is 2.06 bits per heavy atom. The second-order valence-electron chi connectivity index (χ2n) is 8.45. The molecule has 0 saturated heterocycles. The van der Waals surface area contributed by atoms with Gasteiger partial charge in [0.15, 0.2) is 0 Å². The highest BCUT2D eigenvalue weighted by atomic mass is 35.5. The van der Waals surface area contributed by atoms with Gasteiger partial charge < -0.3 is 14.0 Å². The minimum Gasteiger partial charge on any atom is -0.497 e. The number of allylic oxidation sites excluding steroid dienone is 4. The molecule has 1 aromatic heterocycles. The number of hydrogen-bond acceptors (Lipinski definition) is 5. The Hall–Kier alpha value is -3.12. The molecule has 6 nitrogen and oxygen atoms in total. The summed E-state index contributed by atoms with van der Waals surface area (Å²) in [7, 11) is 3.34. The molecular formula is C26H27ClN2O4. The molecule has 172 valence electrons.